The van der Waals surface area contributed by atoms with Crippen molar-refractivity contribution in [2.24, 2.45) is 5.41 Å². The van der Waals surface area contributed by atoms with Gasteiger partial charge in [-0.25, -0.2) is 0 Å². The fraction of sp³-hybridized carbons (Fsp3) is 0.462. The first-order chi connectivity index (χ1) is 7.10. The zero-order chi connectivity index (χ0) is 11.1. The van der Waals surface area contributed by atoms with Crippen LogP contribution in [0.15, 0.2) is 18.2 Å². The Morgan fingerprint density at radius 2 is 2.27 bits per heavy atom. The molecule has 2 nitrogen and oxygen atoms in total. The van der Waals surface area contributed by atoms with Gasteiger partial charge in [-0.05, 0) is 31.9 Å². The first-order valence-corrected chi connectivity index (χ1v) is 5.16. The van der Waals surface area contributed by atoms with Crippen LogP contribution in [0.1, 0.15) is 30.4 Å². The Kier molecular flexibility index (Phi) is 2.19. The molecule has 0 spiro atoms. The van der Waals surface area contributed by atoms with Crippen molar-refractivity contribution in [2.45, 2.75) is 26.2 Å². The molecule has 2 unspecified atom stereocenters. The highest BCUT2D eigenvalue weighted by atomic mass is 16.5. The fourth-order valence-electron chi connectivity index (χ4n) is 2.07. The Bertz CT molecular complexity index is 433. The van der Waals surface area contributed by atoms with Gasteiger partial charge in [-0.2, -0.15) is 5.26 Å². The maximum Gasteiger partial charge on any atom is 0.122 e. The molecule has 78 valence electrons. The van der Waals surface area contributed by atoms with E-state index < -0.39 is 0 Å². The molecule has 0 radical (unpaired) electrons. The molecule has 15 heavy (non-hydrogen) atoms. The van der Waals surface area contributed by atoms with E-state index in [-0.39, 0.29) is 5.41 Å². The summed E-state index contributed by atoms with van der Waals surface area (Å²) in [5.41, 5.74) is 2.22. The average molecular weight is 201 g/mol. The molecule has 1 aliphatic carbocycles. The largest absolute Gasteiger partial charge is 0.496 e. The van der Waals surface area contributed by atoms with Crippen molar-refractivity contribution in [3.63, 3.8) is 0 Å². The van der Waals surface area contributed by atoms with Gasteiger partial charge in [0.05, 0.1) is 18.6 Å². The Morgan fingerprint density at radius 3 is 2.80 bits per heavy atom. The molecule has 2 heteroatoms. The second-order valence-electron chi connectivity index (χ2n) is 4.53. The van der Waals surface area contributed by atoms with Crippen LogP contribution in [0.5, 0.6) is 5.75 Å². The lowest BCUT2D eigenvalue weighted by atomic mass is 10.00. The lowest BCUT2D eigenvalue weighted by Gasteiger charge is -2.09. The van der Waals surface area contributed by atoms with Gasteiger partial charge in [0.2, 0.25) is 0 Å². The van der Waals surface area contributed by atoms with E-state index in [0.29, 0.717) is 5.92 Å². The van der Waals surface area contributed by atoms with Crippen LogP contribution in [0.2, 0.25) is 0 Å². The number of aryl methyl sites for hydroxylation is 1. The summed E-state index contributed by atoms with van der Waals surface area (Å²) >= 11 is 0. The second-order valence-corrected chi connectivity index (χ2v) is 4.53. The van der Waals surface area contributed by atoms with E-state index in [0.717, 1.165) is 12.2 Å². The van der Waals surface area contributed by atoms with Gasteiger partial charge in [0, 0.05) is 5.92 Å². The van der Waals surface area contributed by atoms with Gasteiger partial charge in [-0.15, -0.1) is 0 Å². The van der Waals surface area contributed by atoms with Crippen molar-refractivity contribution in [1.29, 1.82) is 5.26 Å². The van der Waals surface area contributed by atoms with Crippen molar-refractivity contribution in [3.05, 3.63) is 29.3 Å². The van der Waals surface area contributed by atoms with Gasteiger partial charge >= 0.3 is 0 Å². The zero-order valence-electron chi connectivity index (χ0n) is 9.37. The topological polar surface area (TPSA) is 33.0 Å². The first kappa shape index (κ1) is 10.0. The highest BCUT2D eigenvalue weighted by Gasteiger charge is 2.52. The second kappa shape index (κ2) is 3.27. The number of nitriles is 1. The van der Waals surface area contributed by atoms with Gasteiger partial charge in [0.15, 0.2) is 0 Å². The number of hydrogen-bond acceptors (Lipinski definition) is 2. The minimum Gasteiger partial charge on any atom is -0.496 e. The van der Waals surface area contributed by atoms with Crippen LogP contribution < -0.4 is 4.74 Å². The van der Waals surface area contributed by atoms with Crippen LogP contribution in [0.3, 0.4) is 0 Å². The quantitative estimate of drug-likeness (QED) is 0.736. The smallest absolute Gasteiger partial charge is 0.122 e. The zero-order valence-corrected chi connectivity index (χ0v) is 9.37. The lowest BCUT2D eigenvalue weighted by molar-refractivity contribution is 0.408. The van der Waals surface area contributed by atoms with Crippen molar-refractivity contribution in [2.75, 3.05) is 7.11 Å². The minimum absolute atomic E-state index is 0.179. The summed E-state index contributed by atoms with van der Waals surface area (Å²) in [6, 6.07) is 8.53. The summed E-state index contributed by atoms with van der Waals surface area (Å²) in [7, 11) is 1.68. The standard InChI is InChI=1S/C13H15NO/c1-9-4-5-12(15-3)10(6-9)11-7-13(11,2)8-14/h4-6,11H,7H2,1-3H3. The van der Waals surface area contributed by atoms with Gasteiger partial charge in [0.1, 0.15) is 5.75 Å². The van der Waals surface area contributed by atoms with Crippen LogP contribution in [0, 0.1) is 23.7 Å². The molecule has 1 aliphatic rings. The Balaban J connectivity index is 2.38. The van der Waals surface area contributed by atoms with Gasteiger partial charge in [0.25, 0.3) is 0 Å². The van der Waals surface area contributed by atoms with E-state index in [4.69, 9.17) is 10.00 Å². The number of nitrogens with zero attached hydrogens (tertiary/aromatic N) is 1. The molecule has 1 fully saturated rings. The Labute approximate surface area is 90.5 Å². The molecule has 0 aliphatic heterocycles. The molecular weight excluding hydrogens is 186 g/mol. The molecule has 0 heterocycles. The van der Waals surface area contributed by atoms with Crippen LogP contribution in [-0.2, 0) is 0 Å². The van der Waals surface area contributed by atoms with Gasteiger partial charge < -0.3 is 4.74 Å². The van der Waals surface area contributed by atoms with Crippen LogP contribution in [0.4, 0.5) is 0 Å². The number of hydrogen-bond donors (Lipinski definition) is 0. The molecule has 2 atom stereocenters. The third-order valence-corrected chi connectivity index (χ3v) is 3.25. The normalized spacial score (nSPS) is 28.3. The molecule has 0 bridgehead atoms. The maximum absolute atomic E-state index is 9.04. The summed E-state index contributed by atoms with van der Waals surface area (Å²) in [4.78, 5) is 0. The average Bonchev–Trinajstić information content (AvgIpc) is 2.92. The maximum atomic E-state index is 9.04. The molecule has 0 amide bonds. The van der Waals surface area contributed by atoms with Crippen LogP contribution in [-0.4, -0.2) is 7.11 Å². The van der Waals surface area contributed by atoms with Crippen molar-refractivity contribution in [3.8, 4) is 11.8 Å². The number of benzene rings is 1. The third-order valence-electron chi connectivity index (χ3n) is 3.25. The van der Waals surface area contributed by atoms with Crippen LogP contribution in [0.25, 0.3) is 0 Å². The summed E-state index contributed by atoms with van der Waals surface area (Å²) in [6.07, 6.45) is 0.948. The summed E-state index contributed by atoms with van der Waals surface area (Å²) in [6.45, 7) is 4.08. The fourth-order valence-corrected chi connectivity index (χ4v) is 2.07. The molecular formula is C13H15NO. The van der Waals surface area contributed by atoms with Crippen molar-refractivity contribution in [1.82, 2.24) is 0 Å². The number of rotatable bonds is 2. The Morgan fingerprint density at radius 1 is 1.53 bits per heavy atom. The van der Waals surface area contributed by atoms with E-state index in [1.807, 2.05) is 19.1 Å². The Hall–Kier alpha value is -1.49. The van der Waals surface area contributed by atoms with E-state index in [2.05, 4.69) is 19.1 Å². The van der Waals surface area contributed by atoms with E-state index in [9.17, 15) is 0 Å². The van der Waals surface area contributed by atoms with Gasteiger partial charge in [-0.1, -0.05) is 17.7 Å². The molecule has 0 saturated heterocycles. The predicted molar refractivity (Wildman–Crippen MR) is 58.8 cm³/mol. The van der Waals surface area contributed by atoms with Gasteiger partial charge in [-0.3, -0.25) is 0 Å². The lowest BCUT2D eigenvalue weighted by Crippen LogP contribution is -1.96. The predicted octanol–water partition coefficient (Wildman–Crippen LogP) is 3.02. The number of ether oxygens (including phenoxy) is 1. The molecule has 2 rings (SSSR count). The third kappa shape index (κ3) is 1.59. The monoisotopic (exact) mass is 201 g/mol. The highest BCUT2D eigenvalue weighted by molar-refractivity contribution is 5.45. The summed E-state index contributed by atoms with van der Waals surface area (Å²) in [5, 5.41) is 9.04. The first-order valence-electron chi connectivity index (χ1n) is 5.16. The molecule has 1 aromatic carbocycles. The van der Waals surface area contributed by atoms with E-state index >= 15 is 0 Å². The number of methoxy groups -OCH3 is 1. The van der Waals surface area contributed by atoms with E-state index in [1.54, 1.807) is 7.11 Å². The molecule has 1 aromatic rings. The molecule has 0 N–H and O–H groups in total. The summed E-state index contributed by atoms with van der Waals surface area (Å²) in [5.74, 6) is 1.25. The molecule has 1 saturated carbocycles. The SMILES string of the molecule is COc1ccc(C)cc1C1CC1(C)C#N. The highest BCUT2D eigenvalue weighted by Crippen LogP contribution is 2.60. The summed E-state index contributed by atoms with van der Waals surface area (Å²) < 4.78 is 5.33. The van der Waals surface area contributed by atoms with E-state index in [1.165, 1.54) is 11.1 Å². The van der Waals surface area contributed by atoms with Crippen molar-refractivity contribution >= 4 is 0 Å². The minimum atomic E-state index is -0.179. The van der Waals surface area contributed by atoms with Crippen LogP contribution >= 0.6 is 0 Å². The van der Waals surface area contributed by atoms with Crippen molar-refractivity contribution < 1.29 is 4.74 Å². The molecule has 0 aromatic heterocycles.